The van der Waals surface area contributed by atoms with Crippen molar-refractivity contribution in [2.45, 2.75) is 44.7 Å². The second-order valence-corrected chi connectivity index (χ2v) is 6.53. The minimum atomic E-state index is -0.655. The van der Waals surface area contributed by atoms with Crippen molar-refractivity contribution >= 4 is 17.7 Å². The first kappa shape index (κ1) is 14.9. The van der Waals surface area contributed by atoms with Gasteiger partial charge in [-0.1, -0.05) is 13.8 Å². The van der Waals surface area contributed by atoms with Gasteiger partial charge < -0.3 is 9.88 Å². The summed E-state index contributed by atoms with van der Waals surface area (Å²) in [6.45, 7) is 4.77. The molecule has 108 valence electrons. The predicted molar refractivity (Wildman–Crippen MR) is 79.4 cm³/mol. The number of imidazole rings is 1. The number of thioether (sulfide) groups is 1. The molecule has 0 aromatic carbocycles. The molecule has 0 radical (unpaired) electrons. The van der Waals surface area contributed by atoms with E-state index in [9.17, 15) is 10.1 Å². The Morgan fingerprint density at radius 1 is 1.70 bits per heavy atom. The van der Waals surface area contributed by atoms with Crippen LogP contribution in [0.3, 0.4) is 0 Å². The van der Waals surface area contributed by atoms with Crippen LogP contribution in [0.4, 0.5) is 0 Å². The van der Waals surface area contributed by atoms with E-state index in [1.54, 1.807) is 18.0 Å². The number of hydrogen-bond donors (Lipinski definition) is 1. The number of carbonyl (C=O) groups excluding carboxylic acids is 1. The van der Waals surface area contributed by atoms with Crippen molar-refractivity contribution in [1.82, 2.24) is 14.9 Å². The molecule has 1 N–H and O–H groups in total. The molecule has 20 heavy (non-hydrogen) atoms. The fraction of sp³-hybridized carbons (Fsp3) is 0.643. The first-order chi connectivity index (χ1) is 9.56. The molecule has 1 saturated heterocycles. The number of carbonyl (C=O) groups is 1. The number of nitrogens with zero attached hydrogens (tertiary/aromatic N) is 3. The highest BCUT2D eigenvalue weighted by atomic mass is 32.2. The molecule has 6 heteroatoms. The van der Waals surface area contributed by atoms with Crippen LogP contribution in [0.25, 0.3) is 0 Å². The van der Waals surface area contributed by atoms with Crippen molar-refractivity contribution in [3.63, 3.8) is 0 Å². The summed E-state index contributed by atoms with van der Waals surface area (Å²) >= 11 is 1.72. The van der Waals surface area contributed by atoms with Crippen LogP contribution in [0.2, 0.25) is 0 Å². The van der Waals surface area contributed by atoms with Gasteiger partial charge in [-0.2, -0.15) is 17.0 Å². The Kier molecular flexibility index (Phi) is 4.71. The molecule has 1 aliphatic rings. The first-order valence-electron chi connectivity index (χ1n) is 6.87. The van der Waals surface area contributed by atoms with Crippen LogP contribution >= 0.6 is 11.8 Å². The molecular weight excluding hydrogens is 272 g/mol. The molecule has 0 bridgehead atoms. The van der Waals surface area contributed by atoms with E-state index in [-0.39, 0.29) is 5.91 Å². The molecule has 1 aromatic heterocycles. The lowest BCUT2D eigenvalue weighted by Gasteiger charge is -2.21. The van der Waals surface area contributed by atoms with E-state index in [1.165, 1.54) is 0 Å². The maximum absolute atomic E-state index is 12.0. The van der Waals surface area contributed by atoms with Gasteiger partial charge in [-0.25, -0.2) is 4.98 Å². The third-order valence-corrected chi connectivity index (χ3v) is 4.65. The largest absolute Gasteiger partial charge is 0.337 e. The van der Waals surface area contributed by atoms with E-state index in [4.69, 9.17) is 0 Å². The lowest BCUT2D eigenvalue weighted by molar-refractivity contribution is -0.122. The third kappa shape index (κ3) is 3.34. The minimum Gasteiger partial charge on any atom is -0.337 e. The minimum absolute atomic E-state index is 0.0579. The van der Waals surface area contributed by atoms with Gasteiger partial charge in [0.1, 0.15) is 11.4 Å². The zero-order valence-electron chi connectivity index (χ0n) is 11.9. The van der Waals surface area contributed by atoms with E-state index in [1.807, 2.05) is 10.8 Å². The summed E-state index contributed by atoms with van der Waals surface area (Å²) in [4.78, 5) is 16.3. The van der Waals surface area contributed by atoms with Gasteiger partial charge in [0.05, 0.1) is 6.07 Å². The smallest absolute Gasteiger partial charge is 0.223 e. The predicted octanol–water partition coefficient (Wildman–Crippen LogP) is 1.91. The second kappa shape index (κ2) is 6.31. The standard InChI is InChI=1S/C14H20N4OS/c1-11(2)13-16-5-7-18(13)6-3-12(19)17-14(9-15)4-8-20-10-14/h5,7,11H,3-4,6,8,10H2,1-2H3,(H,17,19). The van der Waals surface area contributed by atoms with Crippen LogP contribution in [0.15, 0.2) is 12.4 Å². The average Bonchev–Trinajstić information content (AvgIpc) is 3.05. The molecule has 0 saturated carbocycles. The molecule has 1 aliphatic heterocycles. The van der Waals surface area contributed by atoms with Crippen molar-refractivity contribution in [2.75, 3.05) is 11.5 Å². The summed E-state index contributed by atoms with van der Waals surface area (Å²) < 4.78 is 2.01. The number of aryl methyl sites for hydroxylation is 1. The lowest BCUT2D eigenvalue weighted by Crippen LogP contribution is -2.47. The fourth-order valence-corrected chi connectivity index (χ4v) is 3.61. The molecule has 1 atom stereocenters. The zero-order chi connectivity index (χ0) is 14.6. The number of aromatic nitrogens is 2. The molecule has 2 rings (SSSR count). The van der Waals surface area contributed by atoms with Gasteiger partial charge >= 0.3 is 0 Å². The van der Waals surface area contributed by atoms with Crippen molar-refractivity contribution in [2.24, 2.45) is 0 Å². The van der Waals surface area contributed by atoms with Gasteiger partial charge in [-0.15, -0.1) is 0 Å². The van der Waals surface area contributed by atoms with Crippen LogP contribution in [0.1, 0.15) is 38.4 Å². The number of amides is 1. The highest BCUT2D eigenvalue weighted by Crippen LogP contribution is 2.27. The Labute approximate surface area is 123 Å². The summed E-state index contributed by atoms with van der Waals surface area (Å²) in [5.41, 5.74) is -0.655. The van der Waals surface area contributed by atoms with Crippen molar-refractivity contribution < 1.29 is 4.79 Å². The number of hydrogen-bond acceptors (Lipinski definition) is 4. The van der Waals surface area contributed by atoms with Crippen LogP contribution in [-0.2, 0) is 11.3 Å². The van der Waals surface area contributed by atoms with E-state index in [0.29, 0.717) is 24.6 Å². The normalized spacial score (nSPS) is 21.9. The molecular formula is C14H20N4OS. The van der Waals surface area contributed by atoms with E-state index in [2.05, 4.69) is 30.2 Å². The van der Waals surface area contributed by atoms with Crippen molar-refractivity contribution in [1.29, 1.82) is 5.26 Å². The molecule has 1 aromatic rings. The molecule has 2 heterocycles. The Morgan fingerprint density at radius 2 is 2.50 bits per heavy atom. The van der Waals surface area contributed by atoms with Crippen LogP contribution < -0.4 is 5.32 Å². The van der Waals surface area contributed by atoms with E-state index >= 15 is 0 Å². The first-order valence-corrected chi connectivity index (χ1v) is 8.03. The second-order valence-electron chi connectivity index (χ2n) is 5.43. The third-order valence-electron chi connectivity index (χ3n) is 3.46. The fourth-order valence-electron chi connectivity index (χ4n) is 2.34. The molecule has 0 aliphatic carbocycles. The Balaban J connectivity index is 1.89. The van der Waals surface area contributed by atoms with Gasteiger partial charge in [0.25, 0.3) is 0 Å². The summed E-state index contributed by atoms with van der Waals surface area (Å²) in [6.07, 6.45) is 4.78. The van der Waals surface area contributed by atoms with Gasteiger partial charge in [-0.3, -0.25) is 4.79 Å². The maximum atomic E-state index is 12.0. The van der Waals surface area contributed by atoms with Crippen LogP contribution in [0.5, 0.6) is 0 Å². The quantitative estimate of drug-likeness (QED) is 0.900. The van der Waals surface area contributed by atoms with Gasteiger partial charge in [0.2, 0.25) is 5.91 Å². The molecule has 5 nitrogen and oxygen atoms in total. The van der Waals surface area contributed by atoms with Crippen LogP contribution in [0, 0.1) is 11.3 Å². The van der Waals surface area contributed by atoms with Gasteiger partial charge in [0, 0.05) is 37.0 Å². The monoisotopic (exact) mass is 292 g/mol. The molecule has 1 amide bonds. The number of nitrogens with one attached hydrogen (secondary N) is 1. The SMILES string of the molecule is CC(C)c1nccn1CCC(=O)NC1(C#N)CCSC1. The molecule has 1 unspecified atom stereocenters. The Hall–Kier alpha value is -1.48. The summed E-state index contributed by atoms with van der Waals surface area (Å²) in [6, 6.07) is 2.26. The highest BCUT2D eigenvalue weighted by Gasteiger charge is 2.35. The molecule has 0 spiro atoms. The van der Waals surface area contributed by atoms with E-state index in [0.717, 1.165) is 18.0 Å². The summed E-state index contributed by atoms with van der Waals surface area (Å²) in [5, 5.41) is 12.1. The van der Waals surface area contributed by atoms with E-state index < -0.39 is 5.54 Å². The zero-order valence-corrected chi connectivity index (χ0v) is 12.7. The number of rotatable bonds is 5. The van der Waals surface area contributed by atoms with Crippen LogP contribution in [-0.4, -0.2) is 32.5 Å². The highest BCUT2D eigenvalue weighted by molar-refractivity contribution is 7.99. The van der Waals surface area contributed by atoms with Crippen molar-refractivity contribution in [3.8, 4) is 6.07 Å². The van der Waals surface area contributed by atoms with Gasteiger partial charge in [-0.05, 0) is 12.2 Å². The summed E-state index contributed by atoms with van der Waals surface area (Å²) in [5.74, 6) is 2.90. The van der Waals surface area contributed by atoms with Crippen molar-refractivity contribution in [3.05, 3.63) is 18.2 Å². The maximum Gasteiger partial charge on any atom is 0.223 e. The lowest BCUT2D eigenvalue weighted by atomic mass is 10.0. The Bertz CT molecular complexity index is 511. The average molecular weight is 292 g/mol. The summed E-state index contributed by atoms with van der Waals surface area (Å²) in [7, 11) is 0. The molecule has 1 fully saturated rings. The Morgan fingerprint density at radius 3 is 3.10 bits per heavy atom. The number of nitriles is 1. The van der Waals surface area contributed by atoms with Gasteiger partial charge in [0.15, 0.2) is 0 Å². The topological polar surface area (TPSA) is 70.7 Å².